The Balaban J connectivity index is 0.00000161. The van der Waals surface area contributed by atoms with Crippen molar-refractivity contribution in [2.24, 2.45) is 0 Å². The SMILES string of the molecule is N#Cc1cc2ccccc2[n+](Cc2ccc(Br)cc2)c1.[Br-]. The summed E-state index contributed by atoms with van der Waals surface area (Å²) in [7, 11) is 0. The van der Waals surface area contributed by atoms with Crippen molar-refractivity contribution in [2.45, 2.75) is 6.54 Å². The van der Waals surface area contributed by atoms with E-state index in [2.05, 4.69) is 44.8 Å². The topological polar surface area (TPSA) is 27.7 Å². The van der Waals surface area contributed by atoms with Crippen molar-refractivity contribution in [3.05, 3.63) is 76.4 Å². The Kier molecular flexibility index (Phi) is 5.11. The van der Waals surface area contributed by atoms with E-state index in [0.29, 0.717) is 5.56 Å². The fourth-order valence-corrected chi connectivity index (χ4v) is 2.56. The fourth-order valence-electron chi connectivity index (χ4n) is 2.29. The van der Waals surface area contributed by atoms with Gasteiger partial charge in [-0.05, 0) is 24.3 Å². The number of rotatable bonds is 2. The summed E-state index contributed by atoms with van der Waals surface area (Å²) in [5, 5.41) is 10.2. The summed E-state index contributed by atoms with van der Waals surface area (Å²) in [6.45, 7) is 0.753. The predicted molar refractivity (Wildman–Crippen MR) is 82.1 cm³/mol. The lowest BCUT2D eigenvalue weighted by molar-refractivity contribution is -0.662. The van der Waals surface area contributed by atoms with Crippen molar-refractivity contribution in [1.29, 1.82) is 5.26 Å². The number of hydrogen-bond donors (Lipinski definition) is 0. The van der Waals surface area contributed by atoms with E-state index in [-0.39, 0.29) is 17.0 Å². The number of fused-ring (bicyclic) bond motifs is 1. The van der Waals surface area contributed by atoms with Gasteiger partial charge in [0.05, 0.1) is 0 Å². The van der Waals surface area contributed by atoms with Crippen molar-refractivity contribution in [3.8, 4) is 6.07 Å². The van der Waals surface area contributed by atoms with Gasteiger partial charge in [-0.1, -0.05) is 40.2 Å². The second-order valence-electron chi connectivity index (χ2n) is 4.65. The second-order valence-corrected chi connectivity index (χ2v) is 5.57. The van der Waals surface area contributed by atoms with Crippen molar-refractivity contribution in [2.75, 3.05) is 0 Å². The van der Waals surface area contributed by atoms with Crippen LogP contribution in [0.15, 0.2) is 65.3 Å². The maximum absolute atomic E-state index is 9.15. The molecule has 0 spiro atoms. The number of hydrogen-bond acceptors (Lipinski definition) is 1. The third kappa shape index (κ3) is 3.49. The van der Waals surface area contributed by atoms with Crippen LogP contribution in [-0.2, 0) is 6.54 Å². The Labute approximate surface area is 142 Å². The minimum Gasteiger partial charge on any atom is -1.00 e. The van der Waals surface area contributed by atoms with Crippen LogP contribution < -0.4 is 21.5 Å². The minimum atomic E-state index is 0. The summed E-state index contributed by atoms with van der Waals surface area (Å²) in [6, 6.07) is 20.5. The van der Waals surface area contributed by atoms with Gasteiger partial charge in [0.1, 0.15) is 11.6 Å². The van der Waals surface area contributed by atoms with Gasteiger partial charge in [0.25, 0.3) is 0 Å². The molecule has 0 N–H and O–H groups in total. The maximum atomic E-state index is 9.15. The fraction of sp³-hybridized carbons (Fsp3) is 0.0588. The van der Waals surface area contributed by atoms with E-state index in [0.717, 1.165) is 21.9 Å². The zero-order valence-electron chi connectivity index (χ0n) is 11.1. The van der Waals surface area contributed by atoms with Crippen LogP contribution in [0.2, 0.25) is 0 Å². The van der Waals surface area contributed by atoms with E-state index in [9.17, 15) is 0 Å². The molecule has 1 aromatic heterocycles. The van der Waals surface area contributed by atoms with E-state index in [1.165, 1.54) is 5.56 Å². The number of aromatic nitrogens is 1. The van der Waals surface area contributed by atoms with E-state index < -0.39 is 0 Å². The normalized spacial score (nSPS) is 9.90. The molecule has 4 heteroatoms. The molecule has 0 saturated carbocycles. The molecule has 0 bridgehead atoms. The summed E-state index contributed by atoms with van der Waals surface area (Å²) in [5.41, 5.74) is 3.02. The first-order chi connectivity index (χ1) is 9.76. The standard InChI is InChI=1S/C17H12BrN2.BrH/c18-16-7-5-13(6-8-16)11-20-12-14(10-19)9-15-3-1-2-4-17(15)20;/h1-9,12H,11H2;1H/q+1;/p-1. The van der Waals surface area contributed by atoms with Crippen LogP contribution in [0.25, 0.3) is 10.9 Å². The highest BCUT2D eigenvalue weighted by Gasteiger charge is 2.11. The monoisotopic (exact) mass is 402 g/mol. The average Bonchev–Trinajstić information content (AvgIpc) is 2.49. The highest BCUT2D eigenvalue weighted by Crippen LogP contribution is 2.13. The summed E-state index contributed by atoms with van der Waals surface area (Å²) >= 11 is 3.44. The Bertz CT molecular complexity index is 805. The van der Waals surface area contributed by atoms with Crippen molar-refractivity contribution < 1.29 is 21.5 Å². The number of para-hydroxylation sites is 1. The zero-order chi connectivity index (χ0) is 13.9. The van der Waals surface area contributed by atoms with Crippen LogP contribution in [0.4, 0.5) is 0 Å². The van der Waals surface area contributed by atoms with Gasteiger partial charge in [-0.15, -0.1) is 0 Å². The van der Waals surface area contributed by atoms with E-state index >= 15 is 0 Å². The van der Waals surface area contributed by atoms with Gasteiger partial charge in [-0.3, -0.25) is 0 Å². The van der Waals surface area contributed by atoms with Gasteiger partial charge in [-0.2, -0.15) is 9.83 Å². The highest BCUT2D eigenvalue weighted by molar-refractivity contribution is 9.10. The molecule has 0 radical (unpaired) electrons. The molecule has 3 rings (SSSR count). The van der Waals surface area contributed by atoms with Gasteiger partial charge >= 0.3 is 0 Å². The Morgan fingerprint density at radius 1 is 1.05 bits per heavy atom. The summed E-state index contributed by atoms with van der Waals surface area (Å²) in [6.07, 6.45) is 1.91. The molecule has 104 valence electrons. The lowest BCUT2D eigenvalue weighted by Gasteiger charge is -2.03. The molecule has 0 amide bonds. The van der Waals surface area contributed by atoms with Gasteiger partial charge < -0.3 is 17.0 Å². The number of nitrogens with zero attached hydrogens (tertiary/aromatic N) is 2. The van der Waals surface area contributed by atoms with Gasteiger partial charge in [0.15, 0.2) is 12.7 Å². The summed E-state index contributed by atoms with van der Waals surface area (Å²) in [5.74, 6) is 0. The minimum absolute atomic E-state index is 0. The predicted octanol–water partition coefficient (Wildman–Crippen LogP) is 0.814. The van der Waals surface area contributed by atoms with Crippen LogP contribution in [0.3, 0.4) is 0 Å². The molecule has 0 fully saturated rings. The van der Waals surface area contributed by atoms with Gasteiger partial charge in [0.2, 0.25) is 5.52 Å². The number of pyridine rings is 1. The van der Waals surface area contributed by atoms with Crippen LogP contribution >= 0.6 is 15.9 Å². The van der Waals surface area contributed by atoms with E-state index in [1.807, 2.05) is 42.6 Å². The van der Waals surface area contributed by atoms with E-state index in [4.69, 9.17) is 5.26 Å². The summed E-state index contributed by atoms with van der Waals surface area (Å²) < 4.78 is 3.19. The van der Waals surface area contributed by atoms with Crippen molar-refractivity contribution >= 4 is 26.8 Å². The quantitative estimate of drug-likeness (QED) is 0.582. The highest BCUT2D eigenvalue weighted by atomic mass is 79.9. The van der Waals surface area contributed by atoms with E-state index in [1.54, 1.807) is 0 Å². The van der Waals surface area contributed by atoms with Gasteiger partial charge in [-0.25, -0.2) is 0 Å². The third-order valence-electron chi connectivity index (χ3n) is 3.25. The zero-order valence-corrected chi connectivity index (χ0v) is 14.3. The maximum Gasteiger partial charge on any atom is 0.212 e. The lowest BCUT2D eigenvalue weighted by Crippen LogP contribution is -3.00. The smallest absolute Gasteiger partial charge is 0.212 e. The first kappa shape index (κ1) is 15.7. The first-order valence-electron chi connectivity index (χ1n) is 6.33. The number of nitriles is 1. The van der Waals surface area contributed by atoms with Crippen molar-refractivity contribution in [3.63, 3.8) is 0 Å². The van der Waals surface area contributed by atoms with Gasteiger partial charge in [0, 0.05) is 21.5 Å². The summed E-state index contributed by atoms with van der Waals surface area (Å²) in [4.78, 5) is 0. The van der Waals surface area contributed by atoms with Crippen LogP contribution in [-0.4, -0.2) is 0 Å². The molecule has 21 heavy (non-hydrogen) atoms. The van der Waals surface area contributed by atoms with Crippen LogP contribution in [0.5, 0.6) is 0 Å². The largest absolute Gasteiger partial charge is 1.00 e. The molecule has 0 saturated heterocycles. The molecule has 3 aromatic rings. The molecule has 0 aliphatic carbocycles. The number of halogens is 2. The van der Waals surface area contributed by atoms with Crippen LogP contribution in [0, 0.1) is 11.3 Å². The molecule has 1 heterocycles. The lowest BCUT2D eigenvalue weighted by atomic mass is 10.1. The Morgan fingerprint density at radius 3 is 2.48 bits per heavy atom. The third-order valence-corrected chi connectivity index (χ3v) is 3.78. The number of benzene rings is 2. The van der Waals surface area contributed by atoms with Crippen molar-refractivity contribution in [1.82, 2.24) is 0 Å². The molecule has 0 atom stereocenters. The molecule has 0 aliphatic rings. The Morgan fingerprint density at radius 2 is 1.76 bits per heavy atom. The molecule has 2 aromatic carbocycles. The molecular formula is C17H12Br2N2. The van der Waals surface area contributed by atoms with Crippen LogP contribution in [0.1, 0.15) is 11.1 Å². The molecular weight excluding hydrogens is 392 g/mol. The molecule has 0 unspecified atom stereocenters. The second kappa shape index (κ2) is 6.84. The molecule has 0 aliphatic heterocycles. The average molecular weight is 404 g/mol. The first-order valence-corrected chi connectivity index (χ1v) is 7.12. The molecule has 2 nitrogen and oxygen atoms in total. The Hall–Kier alpha value is -1.70.